The summed E-state index contributed by atoms with van der Waals surface area (Å²) in [5.74, 6) is -0.0541. The molecule has 2 aromatic rings. The highest BCUT2D eigenvalue weighted by Crippen LogP contribution is 2.22. The molecule has 5 nitrogen and oxygen atoms in total. The van der Waals surface area contributed by atoms with Crippen LogP contribution in [0.5, 0.6) is 0 Å². The Morgan fingerprint density at radius 3 is 3.18 bits per heavy atom. The van der Waals surface area contributed by atoms with Gasteiger partial charge in [-0.2, -0.15) is 0 Å². The van der Waals surface area contributed by atoms with Crippen molar-refractivity contribution in [3.63, 3.8) is 0 Å². The van der Waals surface area contributed by atoms with E-state index in [1.165, 1.54) is 11.8 Å². The highest BCUT2D eigenvalue weighted by atomic mass is 32.2. The smallest absolute Gasteiger partial charge is 0.254 e. The van der Waals surface area contributed by atoms with Crippen LogP contribution in [0.1, 0.15) is 29.5 Å². The molecule has 7 heteroatoms. The molecule has 1 aliphatic carbocycles. The van der Waals surface area contributed by atoms with Crippen molar-refractivity contribution in [3.8, 4) is 0 Å². The Balaban J connectivity index is 1.61. The number of carbonyl (C=O) groups is 1. The fourth-order valence-corrected chi connectivity index (χ4v) is 3.91. The normalized spacial score (nSPS) is 14.6. The molecule has 22 heavy (non-hydrogen) atoms. The highest BCUT2D eigenvalue weighted by molar-refractivity contribution is 8.00. The number of hydrogen-bond acceptors (Lipinski definition) is 5. The molecule has 0 saturated heterocycles. The number of aromatic nitrogens is 2. The zero-order chi connectivity index (χ0) is 15.5. The van der Waals surface area contributed by atoms with E-state index in [0.717, 1.165) is 35.4 Å². The molecule has 3 rings (SSSR count). The number of nitrogens with zero attached hydrogens (tertiary/aromatic N) is 1. The average molecular weight is 335 g/mol. The molecule has 2 aromatic heterocycles. The van der Waals surface area contributed by atoms with Crippen LogP contribution in [-0.4, -0.2) is 21.1 Å². The predicted octanol–water partition coefficient (Wildman–Crippen LogP) is 2.12. The van der Waals surface area contributed by atoms with Crippen LogP contribution >= 0.6 is 23.1 Å². The van der Waals surface area contributed by atoms with E-state index >= 15 is 0 Å². The molecule has 0 aliphatic heterocycles. The first kappa shape index (κ1) is 15.3. The second-order valence-corrected chi connectivity index (χ2v) is 7.57. The molecule has 0 bridgehead atoms. The van der Waals surface area contributed by atoms with E-state index in [1.54, 1.807) is 11.3 Å². The minimum Gasteiger partial charge on any atom is -0.350 e. The van der Waals surface area contributed by atoms with E-state index < -0.39 is 0 Å². The van der Waals surface area contributed by atoms with Crippen LogP contribution in [-0.2, 0) is 24.2 Å². The molecule has 1 atom stereocenters. The summed E-state index contributed by atoms with van der Waals surface area (Å²) in [4.78, 5) is 32.4. The van der Waals surface area contributed by atoms with Crippen molar-refractivity contribution in [1.29, 1.82) is 0 Å². The number of thioether (sulfide) groups is 1. The molecule has 0 spiro atoms. The van der Waals surface area contributed by atoms with E-state index in [-0.39, 0.29) is 16.7 Å². The number of aromatic amines is 1. The third kappa shape index (κ3) is 3.41. The summed E-state index contributed by atoms with van der Waals surface area (Å²) in [6.45, 7) is 2.36. The maximum absolute atomic E-state index is 12.1. The van der Waals surface area contributed by atoms with E-state index in [2.05, 4.69) is 15.3 Å². The Morgan fingerprint density at radius 1 is 1.55 bits per heavy atom. The third-order valence-corrected chi connectivity index (χ3v) is 5.45. The molecule has 0 radical (unpaired) electrons. The second kappa shape index (κ2) is 6.66. The first-order valence-electron chi connectivity index (χ1n) is 7.22. The van der Waals surface area contributed by atoms with E-state index in [0.29, 0.717) is 11.7 Å². The van der Waals surface area contributed by atoms with Gasteiger partial charge in [0.2, 0.25) is 5.91 Å². The van der Waals surface area contributed by atoms with Gasteiger partial charge in [0.15, 0.2) is 5.16 Å². The van der Waals surface area contributed by atoms with Crippen LogP contribution in [0.25, 0.3) is 0 Å². The second-order valence-electron chi connectivity index (χ2n) is 5.21. The molecule has 0 aromatic carbocycles. The molecule has 1 aliphatic rings. The first-order chi connectivity index (χ1) is 10.6. The van der Waals surface area contributed by atoms with Crippen molar-refractivity contribution in [3.05, 3.63) is 44.0 Å². The predicted molar refractivity (Wildman–Crippen MR) is 88.4 cm³/mol. The summed E-state index contributed by atoms with van der Waals surface area (Å²) in [7, 11) is 0. The van der Waals surface area contributed by atoms with Crippen molar-refractivity contribution < 1.29 is 4.79 Å². The lowest BCUT2D eigenvalue weighted by Gasteiger charge is -2.11. The van der Waals surface area contributed by atoms with E-state index in [9.17, 15) is 9.59 Å². The fraction of sp³-hybridized carbons (Fsp3) is 0.400. The Labute approximate surface area is 136 Å². The van der Waals surface area contributed by atoms with Gasteiger partial charge in [0.1, 0.15) is 0 Å². The summed E-state index contributed by atoms with van der Waals surface area (Å²) < 4.78 is 0. The van der Waals surface area contributed by atoms with Crippen molar-refractivity contribution >= 4 is 29.0 Å². The van der Waals surface area contributed by atoms with Gasteiger partial charge in [-0.25, -0.2) is 4.98 Å². The molecule has 2 N–H and O–H groups in total. The third-order valence-electron chi connectivity index (χ3n) is 3.59. The zero-order valence-electron chi connectivity index (χ0n) is 12.2. The number of nitrogens with one attached hydrogen (secondary N) is 2. The molecule has 116 valence electrons. The molecule has 0 fully saturated rings. The standard InChI is InChI=1S/C15H17N3O2S2/c1-9(13(19)16-8-10-4-3-7-21-10)22-15-17-12-6-2-5-11(12)14(20)18-15/h3-4,7,9H,2,5-6,8H2,1H3,(H,16,19)(H,17,18,20)/t9-/m0/s1. The van der Waals surface area contributed by atoms with Crippen LogP contribution in [0.3, 0.4) is 0 Å². The summed E-state index contributed by atoms with van der Waals surface area (Å²) in [5.41, 5.74) is 1.63. The number of aryl methyl sites for hydroxylation is 1. The van der Waals surface area contributed by atoms with Gasteiger partial charge in [-0.3, -0.25) is 9.59 Å². The SMILES string of the molecule is C[C@H](Sc1nc2c(c(=O)[nH]1)CCC2)C(=O)NCc1cccs1. The highest BCUT2D eigenvalue weighted by Gasteiger charge is 2.20. The maximum Gasteiger partial charge on any atom is 0.254 e. The first-order valence-corrected chi connectivity index (χ1v) is 8.98. The number of hydrogen-bond donors (Lipinski definition) is 2. The molecule has 2 heterocycles. The average Bonchev–Trinajstić information content (AvgIpc) is 3.15. The van der Waals surface area contributed by atoms with Crippen LogP contribution in [0.2, 0.25) is 0 Å². The number of thiophene rings is 1. The number of amides is 1. The van der Waals surface area contributed by atoms with Gasteiger partial charge in [0, 0.05) is 10.4 Å². The van der Waals surface area contributed by atoms with Gasteiger partial charge in [-0.15, -0.1) is 11.3 Å². The number of fused-ring (bicyclic) bond motifs is 1. The molecule has 0 unspecified atom stereocenters. The van der Waals surface area contributed by atoms with Crippen LogP contribution in [0.4, 0.5) is 0 Å². The van der Waals surface area contributed by atoms with Crippen molar-refractivity contribution in [2.45, 2.75) is 43.1 Å². The monoisotopic (exact) mass is 335 g/mol. The van der Waals surface area contributed by atoms with Gasteiger partial charge in [0.05, 0.1) is 17.5 Å². The Hall–Kier alpha value is -1.60. The maximum atomic E-state index is 12.1. The van der Waals surface area contributed by atoms with Gasteiger partial charge in [-0.05, 0) is 37.6 Å². The van der Waals surface area contributed by atoms with E-state index in [1.807, 2.05) is 24.4 Å². The lowest BCUT2D eigenvalue weighted by Crippen LogP contribution is -2.30. The Kier molecular flexibility index (Phi) is 4.63. The number of carbonyl (C=O) groups excluding carboxylic acids is 1. The van der Waals surface area contributed by atoms with Crippen LogP contribution in [0.15, 0.2) is 27.5 Å². The van der Waals surface area contributed by atoms with Crippen LogP contribution < -0.4 is 10.9 Å². The molecular formula is C15H17N3O2S2. The largest absolute Gasteiger partial charge is 0.350 e. The summed E-state index contributed by atoms with van der Waals surface area (Å²) in [6.07, 6.45) is 2.64. The van der Waals surface area contributed by atoms with Gasteiger partial charge < -0.3 is 10.3 Å². The van der Waals surface area contributed by atoms with Crippen LogP contribution in [0, 0.1) is 0 Å². The minimum atomic E-state index is -0.303. The Morgan fingerprint density at radius 2 is 2.41 bits per heavy atom. The summed E-state index contributed by atoms with van der Waals surface area (Å²) >= 11 is 2.91. The van der Waals surface area contributed by atoms with Crippen molar-refractivity contribution in [1.82, 2.24) is 15.3 Å². The van der Waals surface area contributed by atoms with Gasteiger partial charge in [0.25, 0.3) is 5.56 Å². The zero-order valence-corrected chi connectivity index (χ0v) is 13.9. The fourth-order valence-electron chi connectivity index (χ4n) is 2.43. The van der Waals surface area contributed by atoms with E-state index in [4.69, 9.17) is 0 Å². The molecular weight excluding hydrogens is 318 g/mol. The summed E-state index contributed by atoms with van der Waals surface area (Å²) in [6, 6.07) is 3.95. The lowest BCUT2D eigenvalue weighted by atomic mass is 10.3. The van der Waals surface area contributed by atoms with Gasteiger partial charge >= 0.3 is 0 Å². The quantitative estimate of drug-likeness (QED) is 0.648. The van der Waals surface area contributed by atoms with Crippen molar-refractivity contribution in [2.24, 2.45) is 0 Å². The molecule has 0 saturated carbocycles. The molecule has 1 amide bonds. The lowest BCUT2D eigenvalue weighted by molar-refractivity contribution is -0.120. The topological polar surface area (TPSA) is 74.8 Å². The Bertz CT molecular complexity index is 725. The number of rotatable bonds is 5. The number of H-pyrrole nitrogens is 1. The minimum absolute atomic E-state index is 0.0541. The summed E-state index contributed by atoms with van der Waals surface area (Å²) in [5, 5.41) is 5.12. The van der Waals surface area contributed by atoms with Crippen molar-refractivity contribution in [2.75, 3.05) is 0 Å². The van der Waals surface area contributed by atoms with Gasteiger partial charge in [-0.1, -0.05) is 17.8 Å².